The fraction of sp³-hybridized carbons (Fsp3) is 0.409. The van der Waals surface area contributed by atoms with Crippen molar-refractivity contribution in [3.05, 3.63) is 58.7 Å². The normalized spacial score (nSPS) is 19.1. The third-order valence-corrected chi connectivity index (χ3v) is 6.80. The van der Waals surface area contributed by atoms with Crippen LogP contribution >= 0.6 is 0 Å². The zero-order valence-corrected chi connectivity index (χ0v) is 17.8. The summed E-state index contributed by atoms with van der Waals surface area (Å²) in [6.07, 6.45) is 3.61. The lowest BCUT2D eigenvalue weighted by atomic mass is 10.0. The van der Waals surface area contributed by atoms with Gasteiger partial charge in [-0.05, 0) is 67.5 Å². The lowest BCUT2D eigenvalue weighted by Crippen LogP contribution is -2.50. The van der Waals surface area contributed by atoms with E-state index in [1.165, 1.54) is 21.9 Å². The Balaban J connectivity index is 1.53. The van der Waals surface area contributed by atoms with Crippen LogP contribution in [0.3, 0.4) is 0 Å². The van der Waals surface area contributed by atoms with Crippen molar-refractivity contribution < 1.29 is 17.9 Å². The molecule has 0 saturated heterocycles. The molecule has 1 amide bonds. The molecule has 4 rings (SSSR count). The molecule has 1 aliphatic heterocycles. The van der Waals surface area contributed by atoms with Crippen molar-refractivity contribution in [3.63, 3.8) is 0 Å². The molecule has 2 aromatic rings. The van der Waals surface area contributed by atoms with Gasteiger partial charge in [0.05, 0.1) is 24.5 Å². The molecule has 1 aliphatic carbocycles. The monoisotopic (exact) mass is 414 g/mol. The van der Waals surface area contributed by atoms with Crippen LogP contribution in [0.15, 0.2) is 36.4 Å². The maximum atomic E-state index is 12.9. The highest BCUT2D eigenvalue weighted by Gasteiger charge is 2.35. The molecule has 0 radical (unpaired) electrons. The zero-order valence-electron chi connectivity index (χ0n) is 16.9. The van der Waals surface area contributed by atoms with E-state index < -0.39 is 16.1 Å². The lowest BCUT2D eigenvalue weighted by Gasteiger charge is -2.34. The van der Waals surface area contributed by atoms with E-state index in [9.17, 15) is 13.2 Å². The second-order valence-corrected chi connectivity index (χ2v) is 9.89. The third-order valence-electron chi connectivity index (χ3n) is 5.66. The topological polar surface area (TPSA) is 75.7 Å². The molecule has 2 aromatic carbocycles. The van der Waals surface area contributed by atoms with Gasteiger partial charge in [0.1, 0.15) is 5.75 Å². The minimum atomic E-state index is -3.54. The number of nitrogens with one attached hydrogen (secondary N) is 1. The second-order valence-electron chi connectivity index (χ2n) is 7.98. The number of fused-ring (bicyclic) bond motifs is 2. The van der Waals surface area contributed by atoms with Crippen molar-refractivity contribution in [1.82, 2.24) is 5.32 Å². The van der Waals surface area contributed by atoms with E-state index >= 15 is 0 Å². The van der Waals surface area contributed by atoms with Gasteiger partial charge in [-0.15, -0.1) is 0 Å². The van der Waals surface area contributed by atoms with Gasteiger partial charge in [0.25, 0.3) is 5.91 Å². The molecule has 1 heterocycles. The number of hydrogen-bond donors (Lipinski definition) is 1. The Bertz CT molecular complexity index is 1060. The maximum absolute atomic E-state index is 12.9. The number of rotatable bonds is 4. The molecule has 0 aromatic heterocycles. The predicted molar refractivity (Wildman–Crippen MR) is 113 cm³/mol. The number of ether oxygens (including phenoxy) is 1. The Labute approximate surface area is 171 Å². The number of amides is 1. The van der Waals surface area contributed by atoms with Crippen LogP contribution in [0.2, 0.25) is 0 Å². The van der Waals surface area contributed by atoms with Crippen LogP contribution in [-0.2, 0) is 27.7 Å². The summed E-state index contributed by atoms with van der Waals surface area (Å²) < 4.78 is 31.8. The second kappa shape index (κ2) is 7.37. The van der Waals surface area contributed by atoms with Crippen molar-refractivity contribution in [2.24, 2.45) is 0 Å². The number of hydrogen-bond acceptors (Lipinski definition) is 4. The van der Waals surface area contributed by atoms with Gasteiger partial charge in [-0.3, -0.25) is 9.10 Å². The van der Waals surface area contributed by atoms with Gasteiger partial charge in [-0.25, -0.2) is 8.42 Å². The quantitative estimate of drug-likeness (QED) is 0.835. The van der Waals surface area contributed by atoms with Crippen LogP contribution < -0.4 is 14.4 Å². The van der Waals surface area contributed by atoms with Crippen LogP contribution in [0.5, 0.6) is 5.75 Å². The summed E-state index contributed by atoms with van der Waals surface area (Å²) in [6.45, 7) is 3.78. The van der Waals surface area contributed by atoms with Gasteiger partial charge < -0.3 is 10.1 Å². The predicted octanol–water partition coefficient (Wildman–Crippen LogP) is 2.89. The van der Waals surface area contributed by atoms with Gasteiger partial charge in [0.2, 0.25) is 10.0 Å². The van der Waals surface area contributed by atoms with Gasteiger partial charge in [0, 0.05) is 0 Å². The van der Waals surface area contributed by atoms with Gasteiger partial charge in [0.15, 0.2) is 6.10 Å². The molecule has 0 bridgehead atoms. The van der Waals surface area contributed by atoms with Crippen molar-refractivity contribution in [1.29, 1.82) is 0 Å². The smallest absolute Gasteiger partial charge is 0.263 e. The summed E-state index contributed by atoms with van der Waals surface area (Å²) in [7, 11) is -3.54. The molecule has 2 unspecified atom stereocenters. The summed E-state index contributed by atoms with van der Waals surface area (Å²) in [5, 5.41) is 2.99. The number of sulfonamides is 1. The van der Waals surface area contributed by atoms with Crippen LogP contribution in [0.25, 0.3) is 0 Å². The van der Waals surface area contributed by atoms with Crippen molar-refractivity contribution in [2.45, 2.75) is 45.3 Å². The molecule has 6 nitrogen and oxygen atoms in total. The molecule has 2 atom stereocenters. The van der Waals surface area contributed by atoms with E-state index in [0.717, 1.165) is 30.2 Å². The SMILES string of the molecule is Cc1ccc2c(c1)N(S(C)(=O)=O)CC(C(=O)NC(C)c1ccc3c(c1)CCC3)O2. The summed E-state index contributed by atoms with van der Waals surface area (Å²) in [5.74, 6) is 0.0792. The minimum Gasteiger partial charge on any atom is -0.476 e. The first kappa shape index (κ1) is 19.8. The van der Waals surface area contributed by atoms with Crippen molar-refractivity contribution >= 4 is 21.6 Å². The number of nitrogens with zero attached hydrogens (tertiary/aromatic N) is 1. The van der Waals surface area contributed by atoms with E-state index in [0.29, 0.717) is 11.4 Å². The zero-order chi connectivity index (χ0) is 20.8. The molecule has 2 aliphatic rings. The lowest BCUT2D eigenvalue weighted by molar-refractivity contribution is -0.128. The molecule has 29 heavy (non-hydrogen) atoms. The maximum Gasteiger partial charge on any atom is 0.263 e. The summed E-state index contributed by atoms with van der Waals surface area (Å²) in [4.78, 5) is 12.9. The Morgan fingerprint density at radius 3 is 2.69 bits per heavy atom. The molecule has 1 N–H and O–H groups in total. The summed E-state index contributed by atoms with van der Waals surface area (Å²) >= 11 is 0. The first-order valence-electron chi connectivity index (χ1n) is 9.89. The van der Waals surface area contributed by atoms with E-state index in [2.05, 4.69) is 23.5 Å². The average molecular weight is 415 g/mol. The molecule has 154 valence electrons. The molecule has 0 fully saturated rings. The average Bonchev–Trinajstić information content (AvgIpc) is 3.14. The Hall–Kier alpha value is -2.54. The van der Waals surface area contributed by atoms with Gasteiger partial charge in [-0.2, -0.15) is 0 Å². The number of carbonyl (C=O) groups excluding carboxylic acids is 1. The molecular weight excluding hydrogens is 388 g/mol. The minimum absolute atomic E-state index is 0.0436. The first-order chi connectivity index (χ1) is 13.7. The fourth-order valence-corrected chi connectivity index (χ4v) is 4.97. The Kier molecular flexibility index (Phi) is 5.02. The van der Waals surface area contributed by atoms with E-state index in [-0.39, 0.29) is 18.5 Å². The van der Waals surface area contributed by atoms with Crippen LogP contribution in [-0.4, -0.2) is 33.2 Å². The van der Waals surface area contributed by atoms with Crippen LogP contribution in [0.4, 0.5) is 5.69 Å². The highest BCUT2D eigenvalue weighted by molar-refractivity contribution is 7.92. The summed E-state index contributed by atoms with van der Waals surface area (Å²) in [6, 6.07) is 11.5. The third kappa shape index (κ3) is 3.96. The summed E-state index contributed by atoms with van der Waals surface area (Å²) in [5.41, 5.74) is 5.19. The van der Waals surface area contributed by atoms with Crippen LogP contribution in [0, 0.1) is 6.92 Å². The van der Waals surface area contributed by atoms with Crippen LogP contribution in [0.1, 0.15) is 41.6 Å². The number of benzene rings is 2. The number of carbonyl (C=O) groups is 1. The Morgan fingerprint density at radius 1 is 1.17 bits per heavy atom. The van der Waals surface area contributed by atoms with Gasteiger partial charge >= 0.3 is 0 Å². The highest BCUT2D eigenvalue weighted by Crippen LogP contribution is 2.36. The van der Waals surface area contributed by atoms with Crippen molar-refractivity contribution in [3.8, 4) is 5.75 Å². The molecular formula is C22H26N2O4S. The van der Waals surface area contributed by atoms with Gasteiger partial charge in [-0.1, -0.05) is 24.3 Å². The Morgan fingerprint density at radius 2 is 1.93 bits per heavy atom. The van der Waals surface area contributed by atoms with Crippen molar-refractivity contribution in [2.75, 3.05) is 17.1 Å². The van der Waals surface area contributed by atoms with E-state index in [4.69, 9.17) is 4.74 Å². The number of anilines is 1. The highest BCUT2D eigenvalue weighted by atomic mass is 32.2. The fourth-order valence-electron chi connectivity index (χ4n) is 4.06. The van der Waals surface area contributed by atoms with E-state index in [1.807, 2.05) is 19.9 Å². The standard InChI is InChI=1S/C22H26N2O4S/c1-14-7-10-20-19(11-14)24(29(3,26)27)13-21(28-20)22(25)23-15(2)17-9-8-16-5-4-6-18(16)12-17/h7-12,15,21H,4-6,13H2,1-3H3,(H,23,25). The molecule has 7 heteroatoms. The molecule has 0 spiro atoms. The largest absolute Gasteiger partial charge is 0.476 e. The number of aryl methyl sites for hydroxylation is 3. The molecule has 0 saturated carbocycles. The first-order valence-corrected chi connectivity index (χ1v) is 11.7. The van der Waals surface area contributed by atoms with E-state index in [1.54, 1.807) is 12.1 Å².